The van der Waals surface area contributed by atoms with E-state index in [9.17, 15) is 0 Å². The molecule has 1 aliphatic carbocycles. The smallest absolute Gasteiger partial charge is 0.0959 e. The van der Waals surface area contributed by atoms with E-state index in [1.807, 2.05) is 11.3 Å². The molecule has 0 radical (unpaired) electrons. The molecule has 1 unspecified atom stereocenters. The van der Waals surface area contributed by atoms with Crippen LogP contribution in [0, 0.1) is 0 Å². The molecule has 0 amide bonds. The fourth-order valence-electron chi connectivity index (χ4n) is 1.25. The Bertz CT molecular complexity index is 263. The Morgan fingerprint density at radius 1 is 1.67 bits per heavy atom. The van der Waals surface area contributed by atoms with Crippen molar-refractivity contribution in [2.45, 2.75) is 44.9 Å². The first-order valence-corrected chi connectivity index (χ1v) is 5.64. The molecule has 2 rings (SSSR count). The molecule has 1 atom stereocenters. The van der Waals surface area contributed by atoms with Gasteiger partial charge in [0, 0.05) is 11.3 Å². The van der Waals surface area contributed by atoms with Gasteiger partial charge in [-0.1, -0.05) is 13.8 Å². The lowest BCUT2D eigenvalue weighted by atomic mass is 10.1. The zero-order valence-electron chi connectivity index (χ0n) is 7.71. The van der Waals surface area contributed by atoms with Crippen LogP contribution in [0.4, 0.5) is 0 Å². The predicted molar refractivity (Wildman–Crippen MR) is 52.8 cm³/mol. The van der Waals surface area contributed by atoms with Gasteiger partial charge in [0.25, 0.3) is 0 Å². The van der Waals surface area contributed by atoms with Crippen LogP contribution in [0.3, 0.4) is 0 Å². The fourth-order valence-corrected chi connectivity index (χ4v) is 2.37. The number of rotatable bonds is 3. The first-order chi connectivity index (χ1) is 5.81. The van der Waals surface area contributed by atoms with E-state index in [1.165, 1.54) is 30.0 Å². The van der Waals surface area contributed by atoms with Crippen LogP contribution in [0.5, 0.6) is 0 Å². The molecule has 12 heavy (non-hydrogen) atoms. The van der Waals surface area contributed by atoms with Crippen molar-refractivity contribution in [3.05, 3.63) is 16.1 Å². The molecule has 1 aliphatic rings. The lowest BCUT2D eigenvalue weighted by Crippen LogP contribution is -1.91. The molecule has 0 spiro atoms. The van der Waals surface area contributed by atoms with Crippen molar-refractivity contribution in [3.8, 4) is 0 Å². The van der Waals surface area contributed by atoms with Crippen LogP contribution in [0.15, 0.2) is 5.38 Å². The highest BCUT2D eigenvalue weighted by molar-refractivity contribution is 7.09. The van der Waals surface area contributed by atoms with Gasteiger partial charge in [-0.05, 0) is 25.2 Å². The van der Waals surface area contributed by atoms with Gasteiger partial charge < -0.3 is 0 Å². The second-order valence-electron chi connectivity index (χ2n) is 3.69. The summed E-state index contributed by atoms with van der Waals surface area (Å²) in [6.07, 6.45) is 3.94. The molecule has 0 saturated heterocycles. The van der Waals surface area contributed by atoms with Crippen molar-refractivity contribution in [3.63, 3.8) is 0 Å². The molecule has 66 valence electrons. The monoisotopic (exact) mass is 181 g/mol. The van der Waals surface area contributed by atoms with E-state index >= 15 is 0 Å². The maximum absolute atomic E-state index is 4.66. The van der Waals surface area contributed by atoms with Crippen LogP contribution in [-0.2, 0) is 0 Å². The molecule has 1 nitrogen and oxygen atoms in total. The quantitative estimate of drug-likeness (QED) is 0.695. The largest absolute Gasteiger partial charge is 0.246 e. The minimum Gasteiger partial charge on any atom is -0.246 e. The van der Waals surface area contributed by atoms with Crippen LogP contribution < -0.4 is 0 Å². The third-order valence-electron chi connectivity index (χ3n) is 2.58. The molecule has 0 aromatic carbocycles. The standard InChI is InChI=1S/C10H15NS/c1-3-7(2)9-6-12-10(11-9)8-4-5-8/h6-8H,3-5H2,1-2H3. The predicted octanol–water partition coefficient (Wildman–Crippen LogP) is 3.53. The average Bonchev–Trinajstić information content (AvgIpc) is 2.83. The lowest BCUT2D eigenvalue weighted by molar-refractivity contribution is 0.709. The molecule has 1 heterocycles. The maximum Gasteiger partial charge on any atom is 0.0959 e. The van der Waals surface area contributed by atoms with Crippen molar-refractivity contribution < 1.29 is 0 Å². The first-order valence-electron chi connectivity index (χ1n) is 4.76. The van der Waals surface area contributed by atoms with Gasteiger partial charge in [0.1, 0.15) is 0 Å². The van der Waals surface area contributed by atoms with E-state index in [4.69, 9.17) is 0 Å². The van der Waals surface area contributed by atoms with Gasteiger partial charge in [0.2, 0.25) is 0 Å². The summed E-state index contributed by atoms with van der Waals surface area (Å²) in [6, 6.07) is 0. The molecule has 1 aromatic heterocycles. The molecular weight excluding hydrogens is 166 g/mol. The molecule has 1 saturated carbocycles. The molecule has 1 aromatic rings. The summed E-state index contributed by atoms with van der Waals surface area (Å²) >= 11 is 1.85. The van der Waals surface area contributed by atoms with E-state index in [0.717, 1.165) is 5.92 Å². The minimum atomic E-state index is 0.647. The van der Waals surface area contributed by atoms with Gasteiger partial charge >= 0.3 is 0 Å². The first kappa shape index (κ1) is 8.24. The highest BCUT2D eigenvalue weighted by atomic mass is 32.1. The fraction of sp³-hybridized carbons (Fsp3) is 0.700. The summed E-state index contributed by atoms with van der Waals surface area (Å²) in [4.78, 5) is 4.66. The van der Waals surface area contributed by atoms with E-state index in [0.29, 0.717) is 5.92 Å². The zero-order valence-corrected chi connectivity index (χ0v) is 8.53. The van der Waals surface area contributed by atoms with Gasteiger partial charge in [-0.2, -0.15) is 0 Å². The van der Waals surface area contributed by atoms with E-state index in [-0.39, 0.29) is 0 Å². The van der Waals surface area contributed by atoms with Gasteiger partial charge in [0.15, 0.2) is 0 Å². The third kappa shape index (κ3) is 1.53. The summed E-state index contributed by atoms with van der Waals surface area (Å²) in [5, 5.41) is 3.62. The number of thiazole rings is 1. The zero-order chi connectivity index (χ0) is 8.55. The SMILES string of the molecule is CCC(C)c1csc(C2CC2)n1. The Hall–Kier alpha value is -0.370. The normalized spacial score (nSPS) is 19.5. The van der Waals surface area contributed by atoms with Crippen LogP contribution in [-0.4, -0.2) is 4.98 Å². The topological polar surface area (TPSA) is 12.9 Å². The number of hydrogen-bond donors (Lipinski definition) is 0. The van der Waals surface area contributed by atoms with Crippen LogP contribution in [0.25, 0.3) is 0 Å². The highest BCUT2D eigenvalue weighted by Crippen LogP contribution is 2.42. The third-order valence-corrected chi connectivity index (χ3v) is 3.61. The Morgan fingerprint density at radius 2 is 2.42 bits per heavy atom. The van der Waals surface area contributed by atoms with Crippen molar-refractivity contribution in [1.29, 1.82) is 0 Å². The van der Waals surface area contributed by atoms with Gasteiger partial charge in [-0.25, -0.2) is 4.98 Å². The molecule has 0 N–H and O–H groups in total. The molecule has 0 aliphatic heterocycles. The van der Waals surface area contributed by atoms with Crippen LogP contribution in [0.2, 0.25) is 0 Å². The molecule has 1 fully saturated rings. The Labute approximate surface area is 77.8 Å². The van der Waals surface area contributed by atoms with Crippen molar-refractivity contribution >= 4 is 11.3 Å². The highest BCUT2D eigenvalue weighted by Gasteiger charge is 2.26. The second kappa shape index (κ2) is 3.17. The van der Waals surface area contributed by atoms with E-state index < -0.39 is 0 Å². The Kier molecular flexibility index (Phi) is 2.18. The van der Waals surface area contributed by atoms with Gasteiger partial charge in [-0.3, -0.25) is 0 Å². The summed E-state index contributed by atoms with van der Waals surface area (Å²) < 4.78 is 0. The van der Waals surface area contributed by atoms with E-state index in [1.54, 1.807) is 0 Å². The summed E-state index contributed by atoms with van der Waals surface area (Å²) in [7, 11) is 0. The van der Waals surface area contributed by atoms with E-state index in [2.05, 4.69) is 24.2 Å². The van der Waals surface area contributed by atoms with Gasteiger partial charge in [0.05, 0.1) is 10.7 Å². The lowest BCUT2D eigenvalue weighted by Gasteiger charge is -2.02. The van der Waals surface area contributed by atoms with Crippen LogP contribution >= 0.6 is 11.3 Å². The summed E-state index contributed by atoms with van der Waals surface area (Å²) in [5.74, 6) is 1.47. The molecular formula is C10H15NS. The second-order valence-corrected chi connectivity index (χ2v) is 4.58. The average molecular weight is 181 g/mol. The minimum absolute atomic E-state index is 0.647. The van der Waals surface area contributed by atoms with Crippen molar-refractivity contribution in [1.82, 2.24) is 4.98 Å². The number of aromatic nitrogens is 1. The Balaban J connectivity index is 2.12. The van der Waals surface area contributed by atoms with Crippen molar-refractivity contribution in [2.75, 3.05) is 0 Å². The molecule has 2 heteroatoms. The van der Waals surface area contributed by atoms with Crippen molar-refractivity contribution in [2.24, 2.45) is 0 Å². The number of hydrogen-bond acceptors (Lipinski definition) is 2. The summed E-state index contributed by atoms with van der Waals surface area (Å²) in [5.41, 5.74) is 1.31. The Morgan fingerprint density at radius 3 is 3.00 bits per heavy atom. The number of nitrogens with zero attached hydrogens (tertiary/aromatic N) is 1. The maximum atomic E-state index is 4.66. The van der Waals surface area contributed by atoms with Gasteiger partial charge in [-0.15, -0.1) is 11.3 Å². The summed E-state index contributed by atoms with van der Waals surface area (Å²) in [6.45, 7) is 4.48. The molecule has 0 bridgehead atoms. The van der Waals surface area contributed by atoms with Crippen LogP contribution in [0.1, 0.15) is 55.6 Å².